The molecule has 1 aromatic carbocycles. The van der Waals surface area contributed by atoms with Crippen LogP contribution in [0.1, 0.15) is 30.9 Å². The Morgan fingerprint density at radius 1 is 1.40 bits per heavy atom. The summed E-state index contributed by atoms with van der Waals surface area (Å²) in [4.78, 5) is 0. The van der Waals surface area contributed by atoms with E-state index in [9.17, 15) is 0 Å². The Labute approximate surface area is 95.8 Å². The van der Waals surface area contributed by atoms with Crippen LogP contribution in [-0.4, -0.2) is 18.8 Å². The van der Waals surface area contributed by atoms with Crippen LogP contribution in [0.25, 0.3) is 0 Å². The van der Waals surface area contributed by atoms with Crippen LogP contribution in [0.5, 0.6) is 5.75 Å². The third-order valence-electron chi connectivity index (χ3n) is 2.42. The Kier molecular flexibility index (Phi) is 4.43. The van der Waals surface area contributed by atoms with Crippen molar-refractivity contribution < 1.29 is 9.84 Å². The van der Waals surface area contributed by atoms with Gasteiger partial charge in [0, 0.05) is 6.61 Å². The average Bonchev–Trinajstić information content (AvgIpc) is 2.18. The summed E-state index contributed by atoms with van der Waals surface area (Å²) in [7, 11) is 1.61. The van der Waals surface area contributed by atoms with Gasteiger partial charge in [-0.15, -0.1) is 0 Å². The van der Waals surface area contributed by atoms with Crippen molar-refractivity contribution in [2.24, 2.45) is 0 Å². The summed E-state index contributed by atoms with van der Waals surface area (Å²) in [6.45, 7) is 4.37. The van der Waals surface area contributed by atoms with Gasteiger partial charge >= 0.3 is 0 Å². The molecule has 1 aromatic rings. The molecule has 0 heterocycles. The van der Waals surface area contributed by atoms with Crippen LogP contribution < -0.4 is 4.74 Å². The van der Waals surface area contributed by atoms with E-state index >= 15 is 0 Å². The SMILES string of the molecule is COc1cc(C(C)C)c(CCO)cc1Cl. The van der Waals surface area contributed by atoms with E-state index in [0.29, 0.717) is 23.1 Å². The van der Waals surface area contributed by atoms with Crippen LogP contribution in [0, 0.1) is 0 Å². The molecular weight excluding hydrogens is 212 g/mol. The quantitative estimate of drug-likeness (QED) is 0.859. The van der Waals surface area contributed by atoms with Crippen LogP contribution in [0.15, 0.2) is 12.1 Å². The van der Waals surface area contributed by atoms with Crippen LogP contribution in [0.3, 0.4) is 0 Å². The summed E-state index contributed by atoms with van der Waals surface area (Å²) in [6, 6.07) is 3.84. The Balaban J connectivity index is 3.19. The van der Waals surface area contributed by atoms with E-state index in [0.717, 1.165) is 5.56 Å². The average molecular weight is 229 g/mol. The molecule has 0 radical (unpaired) electrons. The van der Waals surface area contributed by atoms with E-state index in [2.05, 4.69) is 13.8 Å². The molecule has 1 N–H and O–H groups in total. The second kappa shape index (κ2) is 5.38. The maximum Gasteiger partial charge on any atom is 0.137 e. The van der Waals surface area contributed by atoms with Crippen LogP contribution in [0.4, 0.5) is 0 Å². The van der Waals surface area contributed by atoms with E-state index in [-0.39, 0.29) is 6.61 Å². The first-order valence-electron chi connectivity index (χ1n) is 5.07. The lowest BCUT2D eigenvalue weighted by Gasteiger charge is -2.15. The molecule has 2 nitrogen and oxygen atoms in total. The van der Waals surface area contributed by atoms with Gasteiger partial charge in [0.2, 0.25) is 0 Å². The van der Waals surface area contributed by atoms with Gasteiger partial charge in [0.15, 0.2) is 0 Å². The molecule has 0 aromatic heterocycles. The zero-order chi connectivity index (χ0) is 11.4. The Bertz CT molecular complexity index is 335. The molecule has 0 aliphatic heterocycles. The van der Waals surface area contributed by atoms with E-state index < -0.39 is 0 Å². The van der Waals surface area contributed by atoms with Gasteiger partial charge in [-0.2, -0.15) is 0 Å². The predicted molar refractivity (Wildman–Crippen MR) is 62.9 cm³/mol. The predicted octanol–water partition coefficient (Wildman–Crippen LogP) is 3.01. The van der Waals surface area contributed by atoms with Gasteiger partial charge < -0.3 is 9.84 Å². The second-order valence-electron chi connectivity index (χ2n) is 3.81. The summed E-state index contributed by atoms with van der Waals surface area (Å²) in [5.41, 5.74) is 2.28. The van der Waals surface area contributed by atoms with Crippen LogP contribution in [-0.2, 0) is 6.42 Å². The van der Waals surface area contributed by atoms with E-state index in [1.54, 1.807) is 7.11 Å². The summed E-state index contributed by atoms with van der Waals surface area (Å²) < 4.78 is 5.17. The summed E-state index contributed by atoms with van der Waals surface area (Å²) >= 11 is 6.04. The van der Waals surface area contributed by atoms with Crippen molar-refractivity contribution >= 4 is 11.6 Å². The molecule has 0 aliphatic carbocycles. The van der Waals surface area contributed by atoms with Crippen molar-refractivity contribution in [3.8, 4) is 5.75 Å². The fourth-order valence-corrected chi connectivity index (χ4v) is 1.90. The monoisotopic (exact) mass is 228 g/mol. The zero-order valence-corrected chi connectivity index (χ0v) is 10.1. The van der Waals surface area contributed by atoms with Crippen molar-refractivity contribution in [1.82, 2.24) is 0 Å². The first kappa shape index (κ1) is 12.3. The minimum Gasteiger partial charge on any atom is -0.495 e. The summed E-state index contributed by atoms with van der Waals surface area (Å²) in [5.74, 6) is 1.10. The van der Waals surface area contributed by atoms with Gasteiger partial charge in [-0.25, -0.2) is 0 Å². The molecule has 0 saturated carbocycles. The molecule has 1 rings (SSSR count). The minimum atomic E-state index is 0.141. The van der Waals surface area contributed by atoms with Crippen LogP contribution >= 0.6 is 11.6 Å². The van der Waals surface area contributed by atoms with E-state index in [4.69, 9.17) is 21.4 Å². The third-order valence-corrected chi connectivity index (χ3v) is 2.71. The molecule has 0 spiro atoms. The number of aliphatic hydroxyl groups excluding tert-OH is 1. The molecule has 3 heteroatoms. The van der Waals surface area contributed by atoms with Crippen molar-refractivity contribution in [1.29, 1.82) is 0 Å². The number of rotatable bonds is 4. The second-order valence-corrected chi connectivity index (χ2v) is 4.22. The number of aliphatic hydroxyl groups is 1. The number of hydrogen-bond acceptors (Lipinski definition) is 2. The zero-order valence-electron chi connectivity index (χ0n) is 9.38. The Morgan fingerprint density at radius 2 is 2.07 bits per heavy atom. The lowest BCUT2D eigenvalue weighted by atomic mass is 9.95. The molecule has 0 aliphatic rings. The summed E-state index contributed by atoms with van der Waals surface area (Å²) in [6.07, 6.45) is 0.636. The molecule has 84 valence electrons. The third kappa shape index (κ3) is 2.86. The van der Waals surface area contributed by atoms with Gasteiger partial charge in [-0.3, -0.25) is 0 Å². The van der Waals surface area contributed by atoms with Crippen LogP contribution in [0.2, 0.25) is 5.02 Å². The minimum absolute atomic E-state index is 0.141. The molecular formula is C12H17ClO2. The highest BCUT2D eigenvalue weighted by atomic mass is 35.5. The number of hydrogen-bond donors (Lipinski definition) is 1. The molecule has 0 fully saturated rings. The highest BCUT2D eigenvalue weighted by Crippen LogP contribution is 2.31. The first-order chi connectivity index (χ1) is 7.10. The van der Waals surface area contributed by atoms with Crippen molar-refractivity contribution in [3.05, 3.63) is 28.3 Å². The highest BCUT2D eigenvalue weighted by Gasteiger charge is 2.11. The lowest BCUT2D eigenvalue weighted by Crippen LogP contribution is -2.01. The van der Waals surface area contributed by atoms with Gasteiger partial charge in [0.1, 0.15) is 5.75 Å². The van der Waals surface area contributed by atoms with Gasteiger partial charge in [0.25, 0.3) is 0 Å². The molecule has 0 saturated heterocycles. The Hall–Kier alpha value is -0.730. The fraction of sp³-hybridized carbons (Fsp3) is 0.500. The standard InChI is InChI=1S/C12H17ClO2/c1-8(2)10-7-12(15-3)11(13)6-9(10)4-5-14/h6-8,14H,4-5H2,1-3H3. The first-order valence-corrected chi connectivity index (χ1v) is 5.45. The topological polar surface area (TPSA) is 29.5 Å². The number of methoxy groups -OCH3 is 1. The van der Waals surface area contributed by atoms with E-state index in [1.807, 2.05) is 12.1 Å². The van der Waals surface area contributed by atoms with Gasteiger partial charge in [0.05, 0.1) is 12.1 Å². The number of ether oxygens (including phenoxy) is 1. The Morgan fingerprint density at radius 3 is 2.53 bits per heavy atom. The molecule has 0 unspecified atom stereocenters. The van der Waals surface area contributed by atoms with Gasteiger partial charge in [-0.05, 0) is 35.6 Å². The molecule has 0 atom stereocenters. The van der Waals surface area contributed by atoms with Gasteiger partial charge in [-0.1, -0.05) is 25.4 Å². The maximum absolute atomic E-state index is 8.97. The molecule has 0 amide bonds. The maximum atomic E-state index is 8.97. The number of halogens is 1. The lowest BCUT2D eigenvalue weighted by molar-refractivity contribution is 0.299. The number of benzene rings is 1. The molecule has 0 bridgehead atoms. The van der Waals surface area contributed by atoms with E-state index in [1.165, 1.54) is 5.56 Å². The van der Waals surface area contributed by atoms with Crippen molar-refractivity contribution in [2.75, 3.05) is 13.7 Å². The summed E-state index contributed by atoms with van der Waals surface area (Å²) in [5, 5.41) is 9.57. The van der Waals surface area contributed by atoms with Crippen molar-refractivity contribution in [2.45, 2.75) is 26.2 Å². The molecule has 15 heavy (non-hydrogen) atoms. The van der Waals surface area contributed by atoms with Crippen molar-refractivity contribution in [3.63, 3.8) is 0 Å². The normalized spacial score (nSPS) is 10.8. The fourth-order valence-electron chi connectivity index (χ4n) is 1.64. The smallest absolute Gasteiger partial charge is 0.137 e. The largest absolute Gasteiger partial charge is 0.495 e. The highest BCUT2D eigenvalue weighted by molar-refractivity contribution is 6.32.